The highest BCUT2D eigenvalue weighted by molar-refractivity contribution is 5.35. The van der Waals surface area contributed by atoms with Gasteiger partial charge in [-0.05, 0) is 24.8 Å². The molecule has 4 nitrogen and oxygen atoms in total. The maximum atomic E-state index is 10.3. The molecule has 1 aliphatic carbocycles. The van der Waals surface area contributed by atoms with E-state index >= 15 is 0 Å². The van der Waals surface area contributed by atoms with E-state index in [9.17, 15) is 10.1 Å². The minimum Gasteiger partial charge on any atom is -0.409 e. The van der Waals surface area contributed by atoms with Gasteiger partial charge in [0.25, 0.3) is 0 Å². The highest BCUT2D eigenvalue weighted by atomic mass is 16.6. The molecule has 58 valence electrons. The highest BCUT2D eigenvalue weighted by Crippen LogP contribution is 2.44. The highest BCUT2D eigenvalue weighted by Gasteiger charge is 2.32. The molecule has 11 heavy (non-hydrogen) atoms. The lowest BCUT2D eigenvalue weighted by Gasteiger charge is -1.88. The smallest absolute Gasteiger partial charge is 0.409 e. The van der Waals surface area contributed by atoms with Crippen molar-refractivity contribution in [1.29, 1.82) is 0 Å². The molecule has 1 aromatic heterocycles. The van der Waals surface area contributed by atoms with Crippen molar-refractivity contribution in [1.82, 2.24) is 0 Å². The van der Waals surface area contributed by atoms with Crippen LogP contribution in [-0.2, 0) is 0 Å². The molecular weight excluding hydrogens is 146 g/mol. The van der Waals surface area contributed by atoms with Gasteiger partial charge in [-0.3, -0.25) is 10.1 Å². The standard InChI is InChI=1S/C7H7NO3/c9-8(10)7-6(3-4-11-7)5-1-2-5/h3-5H,1-2H2. The van der Waals surface area contributed by atoms with Crippen LogP contribution in [0, 0.1) is 10.1 Å². The summed E-state index contributed by atoms with van der Waals surface area (Å²) in [5, 5.41) is 10.3. The molecular formula is C7H7NO3. The summed E-state index contributed by atoms with van der Waals surface area (Å²) in [6, 6.07) is 1.69. The van der Waals surface area contributed by atoms with E-state index in [1.807, 2.05) is 0 Å². The summed E-state index contributed by atoms with van der Waals surface area (Å²) >= 11 is 0. The molecule has 0 radical (unpaired) electrons. The van der Waals surface area contributed by atoms with Crippen LogP contribution in [0.25, 0.3) is 0 Å². The van der Waals surface area contributed by atoms with Gasteiger partial charge in [0, 0.05) is 0 Å². The van der Waals surface area contributed by atoms with Crippen LogP contribution in [-0.4, -0.2) is 4.92 Å². The van der Waals surface area contributed by atoms with E-state index in [1.165, 1.54) is 6.26 Å². The maximum Gasteiger partial charge on any atom is 0.436 e. The molecule has 0 aromatic carbocycles. The van der Waals surface area contributed by atoms with E-state index in [2.05, 4.69) is 0 Å². The summed E-state index contributed by atoms with van der Waals surface area (Å²) in [5.41, 5.74) is 0.759. The van der Waals surface area contributed by atoms with Crippen LogP contribution >= 0.6 is 0 Å². The van der Waals surface area contributed by atoms with Crippen LogP contribution in [0.1, 0.15) is 24.3 Å². The minimum atomic E-state index is -0.465. The number of nitrogens with zero attached hydrogens (tertiary/aromatic N) is 1. The second-order valence-electron chi connectivity index (χ2n) is 2.71. The van der Waals surface area contributed by atoms with Gasteiger partial charge in [0.05, 0.1) is 11.8 Å². The lowest BCUT2D eigenvalue weighted by Crippen LogP contribution is -1.88. The van der Waals surface area contributed by atoms with Crippen molar-refractivity contribution in [2.24, 2.45) is 0 Å². The average Bonchev–Trinajstić information content (AvgIpc) is 2.68. The van der Waals surface area contributed by atoms with Crippen molar-refractivity contribution in [2.45, 2.75) is 18.8 Å². The largest absolute Gasteiger partial charge is 0.436 e. The summed E-state index contributed by atoms with van der Waals surface area (Å²) < 4.78 is 4.73. The maximum absolute atomic E-state index is 10.3. The summed E-state index contributed by atoms with van der Waals surface area (Å²) in [6.07, 6.45) is 3.49. The Morgan fingerprint density at radius 2 is 2.36 bits per heavy atom. The summed E-state index contributed by atoms with van der Waals surface area (Å²) in [6.45, 7) is 0. The molecule has 1 heterocycles. The predicted molar refractivity (Wildman–Crippen MR) is 37.3 cm³/mol. The Balaban J connectivity index is 2.37. The normalized spacial score (nSPS) is 16.7. The van der Waals surface area contributed by atoms with Crippen molar-refractivity contribution < 1.29 is 9.34 Å². The number of hydrogen-bond donors (Lipinski definition) is 0. The molecule has 0 bridgehead atoms. The van der Waals surface area contributed by atoms with E-state index in [1.54, 1.807) is 6.07 Å². The SMILES string of the molecule is O=[N+]([O-])c1occc1C1CC1. The van der Waals surface area contributed by atoms with Crippen molar-refractivity contribution >= 4 is 5.88 Å². The second-order valence-corrected chi connectivity index (χ2v) is 2.71. The van der Waals surface area contributed by atoms with Crippen LogP contribution < -0.4 is 0 Å². The van der Waals surface area contributed by atoms with Crippen molar-refractivity contribution in [3.8, 4) is 0 Å². The van der Waals surface area contributed by atoms with Gasteiger partial charge in [0.2, 0.25) is 0 Å². The van der Waals surface area contributed by atoms with Crippen LogP contribution in [0.2, 0.25) is 0 Å². The third-order valence-corrected chi connectivity index (χ3v) is 1.86. The molecule has 1 saturated carbocycles. The summed E-state index contributed by atoms with van der Waals surface area (Å²) in [5.74, 6) is 0.307. The van der Waals surface area contributed by atoms with E-state index < -0.39 is 4.92 Å². The van der Waals surface area contributed by atoms with Gasteiger partial charge in [0.1, 0.15) is 4.92 Å². The van der Waals surface area contributed by atoms with Gasteiger partial charge < -0.3 is 4.42 Å². The number of nitro groups is 1. The monoisotopic (exact) mass is 153 g/mol. The summed E-state index contributed by atoms with van der Waals surface area (Å²) in [7, 11) is 0. The number of furan rings is 1. The Hall–Kier alpha value is -1.32. The van der Waals surface area contributed by atoms with E-state index in [0.29, 0.717) is 5.92 Å². The van der Waals surface area contributed by atoms with E-state index in [-0.39, 0.29) is 5.88 Å². The predicted octanol–water partition coefficient (Wildman–Crippen LogP) is 2.07. The van der Waals surface area contributed by atoms with Gasteiger partial charge in [0.15, 0.2) is 0 Å². The fourth-order valence-corrected chi connectivity index (χ4v) is 1.16. The molecule has 0 saturated heterocycles. The summed E-state index contributed by atoms with van der Waals surface area (Å²) in [4.78, 5) is 9.86. The van der Waals surface area contributed by atoms with Crippen molar-refractivity contribution in [3.63, 3.8) is 0 Å². The van der Waals surface area contributed by atoms with Gasteiger partial charge in [-0.1, -0.05) is 0 Å². The molecule has 0 N–H and O–H groups in total. The Morgan fingerprint density at radius 1 is 1.64 bits per heavy atom. The topological polar surface area (TPSA) is 56.3 Å². The molecule has 0 amide bonds. The van der Waals surface area contributed by atoms with Gasteiger partial charge >= 0.3 is 5.88 Å². The molecule has 0 unspecified atom stereocenters. The average molecular weight is 153 g/mol. The molecule has 0 atom stereocenters. The zero-order chi connectivity index (χ0) is 7.84. The van der Waals surface area contributed by atoms with Gasteiger partial charge in [-0.25, -0.2) is 0 Å². The minimum absolute atomic E-state index is 0.0764. The first kappa shape index (κ1) is 6.39. The van der Waals surface area contributed by atoms with E-state index in [0.717, 1.165) is 18.4 Å². The first-order valence-corrected chi connectivity index (χ1v) is 3.51. The van der Waals surface area contributed by atoms with Crippen LogP contribution in [0.15, 0.2) is 16.7 Å². The fraction of sp³-hybridized carbons (Fsp3) is 0.429. The first-order chi connectivity index (χ1) is 5.29. The van der Waals surface area contributed by atoms with Gasteiger partial charge in [-0.2, -0.15) is 0 Å². The van der Waals surface area contributed by atoms with Crippen LogP contribution in [0.5, 0.6) is 0 Å². The first-order valence-electron chi connectivity index (χ1n) is 3.51. The van der Waals surface area contributed by atoms with Crippen LogP contribution in [0.4, 0.5) is 5.88 Å². The molecule has 4 heteroatoms. The number of hydrogen-bond acceptors (Lipinski definition) is 3. The van der Waals surface area contributed by atoms with Gasteiger partial charge in [-0.15, -0.1) is 0 Å². The van der Waals surface area contributed by atoms with Crippen LogP contribution in [0.3, 0.4) is 0 Å². The molecule has 1 aromatic rings. The quantitative estimate of drug-likeness (QED) is 0.482. The second kappa shape index (κ2) is 2.08. The molecule has 1 fully saturated rings. The third-order valence-electron chi connectivity index (χ3n) is 1.86. The molecule has 0 aliphatic heterocycles. The lowest BCUT2D eigenvalue weighted by molar-refractivity contribution is -0.402. The van der Waals surface area contributed by atoms with E-state index in [4.69, 9.17) is 4.42 Å². The Labute approximate surface area is 63.0 Å². The zero-order valence-electron chi connectivity index (χ0n) is 5.82. The van der Waals surface area contributed by atoms with Crippen molar-refractivity contribution in [2.75, 3.05) is 0 Å². The molecule has 2 rings (SSSR count). The van der Waals surface area contributed by atoms with Crippen molar-refractivity contribution in [3.05, 3.63) is 28.0 Å². The number of rotatable bonds is 2. The Morgan fingerprint density at radius 3 is 2.91 bits per heavy atom. The zero-order valence-corrected chi connectivity index (χ0v) is 5.82. The lowest BCUT2D eigenvalue weighted by atomic mass is 10.2. The Kier molecular flexibility index (Phi) is 1.21. The third kappa shape index (κ3) is 1.00. The fourth-order valence-electron chi connectivity index (χ4n) is 1.16. The molecule has 0 spiro atoms. The Bertz CT molecular complexity index is 288. The molecule has 1 aliphatic rings.